The minimum Gasteiger partial charge on any atom is -0.365 e. The maximum Gasteiger partial charge on any atom is 0.253 e. The van der Waals surface area contributed by atoms with Gasteiger partial charge in [0.1, 0.15) is 15.3 Å². The fraction of sp³-hybridized carbons (Fsp3) is 0.524. The predicted octanol–water partition coefficient (Wildman–Crippen LogP) is 2.86. The van der Waals surface area contributed by atoms with Crippen LogP contribution in [-0.4, -0.2) is 54.6 Å². The molecular formula is C21H28N4O4S3. The monoisotopic (exact) mass is 496 g/mol. The Labute approximate surface area is 196 Å². The number of piperidine rings is 1. The van der Waals surface area contributed by atoms with E-state index in [0.29, 0.717) is 49.0 Å². The van der Waals surface area contributed by atoms with Gasteiger partial charge in [-0.05, 0) is 50.1 Å². The van der Waals surface area contributed by atoms with Gasteiger partial charge < -0.3 is 11.1 Å². The van der Waals surface area contributed by atoms with Crippen molar-refractivity contribution >= 4 is 49.5 Å². The van der Waals surface area contributed by atoms with Gasteiger partial charge in [-0.1, -0.05) is 12.5 Å². The molecule has 2 amide bonds. The standard InChI is InChI=1S/C21H28N4O4S3/c1-13(2)24-10-8-14-16(12-24)31-21(18(14)19(22)26)23-20(27)15-6-3-4-9-25(15)32(28,29)17-7-5-11-30-17/h5,7,11,13,15H,3-4,6,8-10,12H2,1-2H3,(H2,22,26)(H,23,27). The summed E-state index contributed by atoms with van der Waals surface area (Å²) in [5, 5.41) is 5.01. The summed E-state index contributed by atoms with van der Waals surface area (Å²) in [5.41, 5.74) is 6.96. The average Bonchev–Trinajstić information content (AvgIpc) is 3.41. The molecule has 0 spiro atoms. The quantitative estimate of drug-likeness (QED) is 0.639. The molecule has 2 aromatic rings. The molecule has 0 bridgehead atoms. The van der Waals surface area contributed by atoms with Crippen LogP contribution in [0.5, 0.6) is 0 Å². The molecule has 0 aromatic carbocycles. The number of primary amides is 1. The fourth-order valence-electron chi connectivity index (χ4n) is 4.39. The molecule has 174 valence electrons. The molecule has 1 saturated heterocycles. The third kappa shape index (κ3) is 4.36. The van der Waals surface area contributed by atoms with Gasteiger partial charge in [0.25, 0.3) is 15.9 Å². The number of nitrogens with zero attached hydrogens (tertiary/aromatic N) is 2. The highest BCUT2D eigenvalue weighted by atomic mass is 32.2. The lowest BCUT2D eigenvalue weighted by molar-refractivity contribution is -0.120. The van der Waals surface area contributed by atoms with Gasteiger partial charge >= 0.3 is 0 Å². The van der Waals surface area contributed by atoms with E-state index >= 15 is 0 Å². The van der Waals surface area contributed by atoms with E-state index in [1.165, 1.54) is 15.6 Å². The van der Waals surface area contributed by atoms with Crippen molar-refractivity contribution in [3.63, 3.8) is 0 Å². The van der Waals surface area contributed by atoms with Crippen molar-refractivity contribution in [3.8, 4) is 0 Å². The normalized spacial score (nSPS) is 20.3. The molecule has 1 atom stereocenters. The summed E-state index contributed by atoms with van der Waals surface area (Å²) in [6.07, 6.45) is 2.61. The summed E-state index contributed by atoms with van der Waals surface area (Å²) in [4.78, 5) is 28.9. The SMILES string of the molecule is CC(C)N1CCc2c(sc(NC(=O)C3CCCCN3S(=O)(=O)c3cccs3)c2C(N)=O)C1. The summed E-state index contributed by atoms with van der Waals surface area (Å²) in [5.74, 6) is -0.978. The van der Waals surface area contributed by atoms with Crippen molar-refractivity contribution in [3.05, 3.63) is 33.5 Å². The van der Waals surface area contributed by atoms with Gasteiger partial charge in [-0.15, -0.1) is 22.7 Å². The lowest BCUT2D eigenvalue weighted by atomic mass is 10.0. The lowest BCUT2D eigenvalue weighted by Crippen LogP contribution is -2.49. The molecule has 0 radical (unpaired) electrons. The number of fused-ring (bicyclic) bond motifs is 1. The molecule has 4 rings (SSSR count). The zero-order valence-corrected chi connectivity index (χ0v) is 20.6. The third-order valence-corrected chi connectivity index (χ3v) is 10.5. The predicted molar refractivity (Wildman–Crippen MR) is 127 cm³/mol. The Kier molecular flexibility index (Phi) is 6.73. The molecule has 2 aliphatic rings. The number of sulfonamides is 1. The van der Waals surface area contributed by atoms with Crippen molar-refractivity contribution in [2.24, 2.45) is 5.73 Å². The number of amides is 2. The smallest absolute Gasteiger partial charge is 0.253 e. The van der Waals surface area contributed by atoms with Gasteiger partial charge in [0.15, 0.2) is 0 Å². The molecule has 1 unspecified atom stereocenters. The van der Waals surface area contributed by atoms with Crippen LogP contribution in [-0.2, 0) is 27.8 Å². The summed E-state index contributed by atoms with van der Waals surface area (Å²) < 4.78 is 27.8. The highest BCUT2D eigenvalue weighted by Crippen LogP contribution is 2.38. The van der Waals surface area contributed by atoms with Crippen molar-refractivity contribution in [1.29, 1.82) is 0 Å². The van der Waals surface area contributed by atoms with Crippen molar-refractivity contribution in [2.75, 3.05) is 18.4 Å². The first kappa shape index (κ1) is 23.4. The van der Waals surface area contributed by atoms with Crippen LogP contribution in [0.25, 0.3) is 0 Å². The van der Waals surface area contributed by atoms with E-state index in [0.717, 1.165) is 34.7 Å². The molecular weight excluding hydrogens is 468 g/mol. The van der Waals surface area contributed by atoms with Gasteiger partial charge in [0.2, 0.25) is 5.91 Å². The van der Waals surface area contributed by atoms with E-state index in [1.807, 2.05) is 0 Å². The van der Waals surface area contributed by atoms with E-state index in [2.05, 4.69) is 24.1 Å². The zero-order valence-electron chi connectivity index (χ0n) is 18.2. The second-order valence-corrected chi connectivity index (χ2v) is 12.6. The second-order valence-electron chi connectivity index (χ2n) is 8.44. The average molecular weight is 497 g/mol. The minimum atomic E-state index is -3.75. The van der Waals surface area contributed by atoms with E-state index in [9.17, 15) is 18.0 Å². The van der Waals surface area contributed by atoms with Gasteiger partial charge in [0.05, 0.1) is 5.56 Å². The van der Waals surface area contributed by atoms with Crippen molar-refractivity contribution in [1.82, 2.24) is 9.21 Å². The van der Waals surface area contributed by atoms with Crippen LogP contribution in [0.3, 0.4) is 0 Å². The molecule has 2 aromatic heterocycles. The molecule has 8 nitrogen and oxygen atoms in total. The maximum absolute atomic E-state index is 13.3. The van der Waals surface area contributed by atoms with Crippen LogP contribution in [0.15, 0.2) is 21.7 Å². The molecule has 32 heavy (non-hydrogen) atoms. The second kappa shape index (κ2) is 9.22. The molecule has 4 heterocycles. The number of carbonyl (C=O) groups is 2. The first-order valence-electron chi connectivity index (χ1n) is 10.7. The molecule has 3 N–H and O–H groups in total. The summed E-state index contributed by atoms with van der Waals surface area (Å²) in [6.45, 7) is 6.08. The van der Waals surface area contributed by atoms with Gasteiger partial charge in [-0.3, -0.25) is 14.5 Å². The lowest BCUT2D eigenvalue weighted by Gasteiger charge is -2.33. The maximum atomic E-state index is 13.3. The Balaban J connectivity index is 1.61. The minimum absolute atomic E-state index is 0.232. The number of carbonyl (C=O) groups excluding carboxylic acids is 2. The Bertz CT molecular complexity index is 1110. The van der Waals surface area contributed by atoms with Gasteiger partial charge in [-0.25, -0.2) is 8.42 Å². The van der Waals surface area contributed by atoms with E-state index < -0.39 is 27.9 Å². The van der Waals surface area contributed by atoms with Crippen molar-refractivity contribution in [2.45, 2.75) is 62.4 Å². The number of anilines is 1. The van der Waals surface area contributed by atoms with E-state index in [4.69, 9.17) is 5.73 Å². The van der Waals surface area contributed by atoms with Gasteiger partial charge in [0, 0.05) is 30.6 Å². The number of hydrogen-bond donors (Lipinski definition) is 2. The fourth-order valence-corrected chi connectivity index (χ4v) is 8.45. The molecule has 0 saturated carbocycles. The van der Waals surface area contributed by atoms with Gasteiger partial charge in [-0.2, -0.15) is 4.31 Å². The number of rotatable bonds is 6. The van der Waals surface area contributed by atoms with E-state index in [1.54, 1.807) is 17.5 Å². The summed E-state index contributed by atoms with van der Waals surface area (Å²) >= 11 is 2.51. The summed E-state index contributed by atoms with van der Waals surface area (Å²) in [7, 11) is -3.75. The first-order valence-corrected chi connectivity index (χ1v) is 13.9. The molecule has 1 fully saturated rings. The van der Waals surface area contributed by atoms with E-state index in [-0.39, 0.29) is 4.21 Å². The van der Waals surface area contributed by atoms with Crippen LogP contribution in [0.2, 0.25) is 0 Å². The first-order chi connectivity index (χ1) is 15.2. The zero-order chi connectivity index (χ0) is 23.0. The Hall–Kier alpha value is -1.79. The third-order valence-electron chi connectivity index (χ3n) is 6.11. The Morgan fingerprint density at radius 3 is 2.69 bits per heavy atom. The topological polar surface area (TPSA) is 113 Å². The number of thiophene rings is 2. The van der Waals surface area contributed by atoms with Crippen LogP contribution in [0.4, 0.5) is 5.00 Å². The van der Waals surface area contributed by atoms with Crippen molar-refractivity contribution < 1.29 is 18.0 Å². The number of nitrogens with two attached hydrogens (primary N) is 1. The Morgan fingerprint density at radius 1 is 1.25 bits per heavy atom. The largest absolute Gasteiger partial charge is 0.365 e. The summed E-state index contributed by atoms with van der Waals surface area (Å²) in [6, 6.07) is 2.80. The van der Waals surface area contributed by atoms with Crippen LogP contribution in [0, 0.1) is 0 Å². The van der Waals surface area contributed by atoms with Crippen LogP contribution >= 0.6 is 22.7 Å². The van der Waals surface area contributed by atoms with Crippen LogP contribution in [0.1, 0.15) is 53.9 Å². The molecule has 11 heteroatoms. The highest BCUT2D eigenvalue weighted by Gasteiger charge is 2.39. The van der Waals surface area contributed by atoms with Crippen LogP contribution < -0.4 is 11.1 Å². The molecule has 0 aliphatic carbocycles. The Morgan fingerprint density at radius 2 is 2.03 bits per heavy atom. The highest BCUT2D eigenvalue weighted by molar-refractivity contribution is 7.91. The number of hydrogen-bond acceptors (Lipinski definition) is 7. The number of nitrogens with one attached hydrogen (secondary N) is 1. The molecule has 2 aliphatic heterocycles.